The lowest BCUT2D eigenvalue weighted by molar-refractivity contribution is -0.385. The molecule has 0 amide bonds. The number of nitro groups is 1. The summed E-state index contributed by atoms with van der Waals surface area (Å²) in [5.41, 5.74) is -2.62. The Morgan fingerprint density at radius 2 is 1.29 bits per heavy atom. The van der Waals surface area contributed by atoms with E-state index in [2.05, 4.69) is 19.9 Å². The fourth-order valence-electron chi connectivity index (χ4n) is 4.14. The summed E-state index contributed by atoms with van der Waals surface area (Å²) in [6, 6.07) is 11.6. The van der Waals surface area contributed by atoms with Crippen LogP contribution in [-0.4, -0.2) is 35.1 Å². The van der Waals surface area contributed by atoms with Crippen molar-refractivity contribution in [3.8, 4) is 11.5 Å². The van der Waals surface area contributed by atoms with Crippen LogP contribution in [0.4, 0.5) is 5.69 Å². The minimum atomic E-state index is -1.50. The van der Waals surface area contributed by atoms with Crippen molar-refractivity contribution >= 4 is 27.8 Å². The molecule has 11 heteroatoms. The second-order valence-corrected chi connectivity index (χ2v) is 7.48. The van der Waals surface area contributed by atoms with Gasteiger partial charge in [0.1, 0.15) is 22.8 Å². The Labute approximate surface area is 189 Å². The fraction of sp³-hybridized carbons (Fsp3) is 0.0435. The highest BCUT2D eigenvalue weighted by atomic mass is 16.6. The molecule has 0 saturated carbocycles. The summed E-state index contributed by atoms with van der Waals surface area (Å²) in [7, 11) is 0. The first-order valence-corrected chi connectivity index (χ1v) is 10.0. The lowest BCUT2D eigenvalue weighted by Gasteiger charge is -2.20. The Morgan fingerprint density at radius 1 is 0.794 bits per heavy atom. The molecule has 4 N–H and O–H groups in total. The van der Waals surface area contributed by atoms with Gasteiger partial charge in [-0.2, -0.15) is 0 Å². The van der Waals surface area contributed by atoms with Gasteiger partial charge >= 0.3 is 0 Å². The molecule has 34 heavy (non-hydrogen) atoms. The van der Waals surface area contributed by atoms with E-state index in [-0.39, 0.29) is 38.8 Å². The Morgan fingerprint density at radius 3 is 1.79 bits per heavy atom. The number of rotatable bonds is 4. The molecule has 0 bridgehead atoms. The summed E-state index contributed by atoms with van der Waals surface area (Å²) in [6.07, 6.45) is 2.84. The SMILES string of the molecule is O=c1[nH]c2ncccc2c(O)c1C(c1ccccc1[N+](=O)[O-])c1c(O)c2cccnc2[nH]c1=O. The van der Waals surface area contributed by atoms with Gasteiger partial charge in [0.25, 0.3) is 16.8 Å². The number of pyridine rings is 4. The number of nitrogens with zero attached hydrogens (tertiary/aromatic N) is 3. The van der Waals surface area contributed by atoms with Crippen LogP contribution in [0.15, 0.2) is 70.5 Å². The smallest absolute Gasteiger partial charge is 0.273 e. The van der Waals surface area contributed by atoms with Gasteiger partial charge in [-0.15, -0.1) is 0 Å². The van der Waals surface area contributed by atoms with E-state index in [0.717, 1.165) is 0 Å². The van der Waals surface area contributed by atoms with Crippen molar-refractivity contribution in [2.75, 3.05) is 0 Å². The molecule has 0 saturated heterocycles. The zero-order valence-corrected chi connectivity index (χ0v) is 17.2. The van der Waals surface area contributed by atoms with Gasteiger partial charge in [0, 0.05) is 24.0 Å². The molecule has 0 aliphatic heterocycles. The summed E-state index contributed by atoms with van der Waals surface area (Å²) in [4.78, 5) is 50.7. The lowest BCUT2D eigenvalue weighted by Crippen LogP contribution is -2.25. The zero-order valence-electron chi connectivity index (χ0n) is 17.2. The van der Waals surface area contributed by atoms with Gasteiger partial charge in [0.05, 0.1) is 32.7 Å². The van der Waals surface area contributed by atoms with Crippen LogP contribution in [0.25, 0.3) is 22.1 Å². The van der Waals surface area contributed by atoms with Crippen LogP contribution in [0.3, 0.4) is 0 Å². The molecule has 168 valence electrons. The molecule has 0 unspecified atom stereocenters. The minimum Gasteiger partial charge on any atom is -0.507 e. The Bertz CT molecular complexity index is 1630. The summed E-state index contributed by atoms with van der Waals surface area (Å²) in [6.45, 7) is 0. The molecule has 11 nitrogen and oxygen atoms in total. The quantitative estimate of drug-likeness (QED) is 0.235. The highest BCUT2D eigenvalue weighted by molar-refractivity contribution is 5.86. The van der Waals surface area contributed by atoms with Crippen LogP contribution >= 0.6 is 0 Å². The number of hydrogen-bond donors (Lipinski definition) is 4. The third-order valence-electron chi connectivity index (χ3n) is 5.61. The average Bonchev–Trinajstić information content (AvgIpc) is 2.83. The van der Waals surface area contributed by atoms with Crippen LogP contribution in [0.5, 0.6) is 11.5 Å². The van der Waals surface area contributed by atoms with Crippen LogP contribution in [0, 0.1) is 10.1 Å². The van der Waals surface area contributed by atoms with E-state index in [1.54, 1.807) is 0 Å². The monoisotopic (exact) mass is 457 g/mol. The second kappa shape index (κ2) is 7.81. The fourth-order valence-corrected chi connectivity index (χ4v) is 4.14. The second-order valence-electron chi connectivity index (χ2n) is 7.48. The first kappa shape index (κ1) is 20.8. The predicted molar refractivity (Wildman–Crippen MR) is 122 cm³/mol. The number of H-pyrrole nitrogens is 2. The van der Waals surface area contributed by atoms with Crippen molar-refractivity contribution in [3.05, 3.63) is 108 Å². The molecule has 0 spiro atoms. The van der Waals surface area contributed by atoms with E-state index in [9.17, 15) is 29.9 Å². The number of nitro benzene ring substituents is 1. The first-order chi connectivity index (χ1) is 16.4. The number of aromatic amines is 2. The minimum absolute atomic E-state index is 0.0689. The predicted octanol–water partition coefficient (Wildman–Crippen LogP) is 2.66. The molecule has 1 aromatic carbocycles. The number of fused-ring (bicyclic) bond motifs is 2. The highest BCUT2D eigenvalue weighted by Gasteiger charge is 2.34. The van der Waals surface area contributed by atoms with Gasteiger partial charge in [0.15, 0.2) is 0 Å². The van der Waals surface area contributed by atoms with Gasteiger partial charge in [-0.25, -0.2) is 9.97 Å². The van der Waals surface area contributed by atoms with Crippen molar-refractivity contribution in [2.24, 2.45) is 0 Å². The molecule has 0 aliphatic carbocycles. The average molecular weight is 457 g/mol. The summed E-state index contributed by atoms with van der Waals surface area (Å²) < 4.78 is 0. The molecule has 0 radical (unpaired) electrons. The molecular weight excluding hydrogens is 442 g/mol. The van der Waals surface area contributed by atoms with E-state index in [1.165, 1.54) is 60.9 Å². The number of aromatic hydroxyl groups is 2. The Hall–Kier alpha value is -5.06. The van der Waals surface area contributed by atoms with E-state index in [4.69, 9.17) is 0 Å². The molecule has 4 aromatic heterocycles. The summed E-state index contributed by atoms with van der Waals surface area (Å²) in [5.74, 6) is -2.52. The lowest BCUT2D eigenvalue weighted by atomic mass is 9.83. The van der Waals surface area contributed by atoms with Gasteiger partial charge in [-0.05, 0) is 24.3 Å². The number of hydrogen-bond acceptors (Lipinski definition) is 8. The van der Waals surface area contributed by atoms with Crippen LogP contribution in [0.1, 0.15) is 22.6 Å². The standard InChI is InChI=1S/C23H15N5O6/c29-18-12-6-3-9-24-20(12)26-22(31)16(18)15(11-5-1-2-8-14(11)28(33)34)17-19(30)13-7-4-10-25-21(13)27-23(17)32/h1-10,15H,(H2,24,26,29,31)(H2,25,27,30,32). The summed E-state index contributed by atoms with van der Waals surface area (Å²) >= 11 is 0. The molecule has 0 fully saturated rings. The topological polar surface area (TPSA) is 175 Å². The van der Waals surface area contributed by atoms with Crippen molar-refractivity contribution in [1.29, 1.82) is 0 Å². The largest absolute Gasteiger partial charge is 0.507 e. The number of aromatic nitrogens is 4. The van der Waals surface area contributed by atoms with E-state index in [1.807, 2.05) is 0 Å². The number of benzene rings is 1. The molecule has 0 aliphatic rings. The maximum absolute atomic E-state index is 13.2. The normalized spacial score (nSPS) is 11.3. The Balaban J connectivity index is 1.96. The molecular formula is C23H15N5O6. The van der Waals surface area contributed by atoms with Gasteiger partial charge < -0.3 is 20.2 Å². The van der Waals surface area contributed by atoms with Crippen LogP contribution < -0.4 is 11.1 Å². The number of para-hydroxylation sites is 1. The van der Waals surface area contributed by atoms with Crippen LogP contribution in [0.2, 0.25) is 0 Å². The third kappa shape index (κ3) is 3.14. The van der Waals surface area contributed by atoms with Crippen molar-refractivity contribution in [3.63, 3.8) is 0 Å². The summed E-state index contributed by atoms with van der Waals surface area (Å²) in [5, 5.41) is 34.4. The maximum atomic E-state index is 13.2. The molecule has 5 aromatic rings. The van der Waals surface area contributed by atoms with Crippen LogP contribution in [-0.2, 0) is 0 Å². The molecule has 4 heterocycles. The highest BCUT2D eigenvalue weighted by Crippen LogP contribution is 2.43. The van der Waals surface area contributed by atoms with Gasteiger partial charge in [-0.3, -0.25) is 19.7 Å². The van der Waals surface area contributed by atoms with Crippen molar-refractivity contribution < 1.29 is 15.1 Å². The Kier molecular flexibility index (Phi) is 4.79. The van der Waals surface area contributed by atoms with E-state index >= 15 is 0 Å². The van der Waals surface area contributed by atoms with Crippen molar-refractivity contribution in [2.45, 2.75) is 5.92 Å². The molecule has 0 atom stereocenters. The number of nitrogens with one attached hydrogen (secondary N) is 2. The maximum Gasteiger partial charge on any atom is 0.273 e. The van der Waals surface area contributed by atoms with E-state index in [0.29, 0.717) is 0 Å². The third-order valence-corrected chi connectivity index (χ3v) is 5.61. The van der Waals surface area contributed by atoms with Crippen molar-refractivity contribution in [1.82, 2.24) is 19.9 Å². The van der Waals surface area contributed by atoms with E-state index < -0.39 is 39.1 Å². The van der Waals surface area contributed by atoms with Gasteiger partial charge in [-0.1, -0.05) is 18.2 Å². The zero-order chi connectivity index (χ0) is 24.0. The first-order valence-electron chi connectivity index (χ1n) is 10.0. The van der Waals surface area contributed by atoms with Gasteiger partial charge in [0.2, 0.25) is 0 Å². The molecule has 5 rings (SSSR count).